The summed E-state index contributed by atoms with van der Waals surface area (Å²) in [7, 11) is 1.66. The van der Waals surface area contributed by atoms with Crippen LogP contribution in [-0.4, -0.2) is 44.9 Å². The summed E-state index contributed by atoms with van der Waals surface area (Å²) in [6.45, 7) is 1.95. The van der Waals surface area contributed by atoms with E-state index >= 15 is 0 Å². The van der Waals surface area contributed by atoms with E-state index in [-0.39, 0.29) is 12.0 Å². The first-order chi connectivity index (χ1) is 10.3. The van der Waals surface area contributed by atoms with Crippen molar-refractivity contribution >= 4 is 11.6 Å². The highest BCUT2D eigenvalue weighted by molar-refractivity contribution is 5.82. The Hall–Kier alpha value is -1.75. The molecule has 1 unspecified atom stereocenters. The molecule has 1 aliphatic heterocycles. The van der Waals surface area contributed by atoms with E-state index in [0.717, 1.165) is 30.8 Å². The second-order valence-corrected chi connectivity index (χ2v) is 5.64. The minimum Gasteiger partial charge on any atom is -0.497 e. The Morgan fingerprint density at radius 3 is 3.00 bits per heavy atom. The molecular formula is C16H22N2O3. The summed E-state index contributed by atoms with van der Waals surface area (Å²) >= 11 is 0. The minimum absolute atomic E-state index is 0.0206. The van der Waals surface area contributed by atoms with Gasteiger partial charge in [-0.1, -0.05) is 6.07 Å². The summed E-state index contributed by atoms with van der Waals surface area (Å²) in [5.41, 5.74) is 1.07. The standard InChI is InChI=1S/C16H22N2O3/c1-20-14-7-3-6-13(10-14)18-8-9-21-15(11-18)16(19)17-12-4-2-5-12/h3,6-7,10,12,15H,2,4-5,8-9,11H2,1H3,(H,17,19). The summed E-state index contributed by atoms with van der Waals surface area (Å²) in [6.07, 6.45) is 3.02. The highest BCUT2D eigenvalue weighted by atomic mass is 16.5. The summed E-state index contributed by atoms with van der Waals surface area (Å²) in [5.74, 6) is 0.849. The molecule has 5 nitrogen and oxygen atoms in total. The van der Waals surface area contributed by atoms with Crippen molar-refractivity contribution in [2.45, 2.75) is 31.4 Å². The van der Waals surface area contributed by atoms with Gasteiger partial charge < -0.3 is 19.7 Å². The van der Waals surface area contributed by atoms with Crippen molar-refractivity contribution in [2.75, 3.05) is 31.7 Å². The van der Waals surface area contributed by atoms with E-state index < -0.39 is 0 Å². The lowest BCUT2D eigenvalue weighted by Gasteiger charge is -2.35. The molecule has 5 heteroatoms. The van der Waals surface area contributed by atoms with E-state index in [1.807, 2.05) is 24.3 Å². The number of nitrogens with one attached hydrogen (secondary N) is 1. The molecule has 1 aromatic carbocycles. The second-order valence-electron chi connectivity index (χ2n) is 5.64. The summed E-state index contributed by atoms with van der Waals surface area (Å²) in [4.78, 5) is 14.4. The number of methoxy groups -OCH3 is 1. The summed E-state index contributed by atoms with van der Waals surface area (Å²) in [5, 5.41) is 3.07. The Bertz CT molecular complexity index is 502. The van der Waals surface area contributed by atoms with Crippen molar-refractivity contribution < 1.29 is 14.3 Å². The predicted molar refractivity (Wildman–Crippen MR) is 80.7 cm³/mol. The lowest BCUT2D eigenvalue weighted by atomic mass is 9.93. The van der Waals surface area contributed by atoms with Gasteiger partial charge in [0.25, 0.3) is 5.91 Å². The van der Waals surface area contributed by atoms with Crippen molar-refractivity contribution in [3.63, 3.8) is 0 Å². The molecule has 2 fully saturated rings. The zero-order chi connectivity index (χ0) is 14.7. The smallest absolute Gasteiger partial charge is 0.251 e. The van der Waals surface area contributed by atoms with E-state index in [2.05, 4.69) is 10.2 Å². The molecule has 1 saturated carbocycles. The van der Waals surface area contributed by atoms with Crippen LogP contribution in [0.4, 0.5) is 5.69 Å². The van der Waals surface area contributed by atoms with Crippen LogP contribution < -0.4 is 15.0 Å². The van der Waals surface area contributed by atoms with Gasteiger partial charge in [-0.15, -0.1) is 0 Å². The first-order valence-corrected chi connectivity index (χ1v) is 7.57. The van der Waals surface area contributed by atoms with Crippen LogP contribution in [-0.2, 0) is 9.53 Å². The average Bonchev–Trinajstić information content (AvgIpc) is 2.51. The van der Waals surface area contributed by atoms with E-state index in [1.165, 1.54) is 6.42 Å². The fourth-order valence-corrected chi connectivity index (χ4v) is 2.70. The van der Waals surface area contributed by atoms with Crippen molar-refractivity contribution in [1.29, 1.82) is 0 Å². The Morgan fingerprint density at radius 2 is 2.29 bits per heavy atom. The number of hydrogen-bond acceptors (Lipinski definition) is 4. The molecular weight excluding hydrogens is 268 g/mol. The average molecular weight is 290 g/mol. The maximum absolute atomic E-state index is 12.2. The number of carbonyl (C=O) groups is 1. The number of amides is 1. The topological polar surface area (TPSA) is 50.8 Å². The zero-order valence-electron chi connectivity index (χ0n) is 12.4. The summed E-state index contributed by atoms with van der Waals surface area (Å²) in [6, 6.07) is 8.27. The maximum atomic E-state index is 12.2. The van der Waals surface area contributed by atoms with Crippen molar-refractivity contribution in [3.8, 4) is 5.75 Å². The van der Waals surface area contributed by atoms with Gasteiger partial charge in [-0.25, -0.2) is 0 Å². The molecule has 1 N–H and O–H groups in total. The number of nitrogens with zero attached hydrogens (tertiary/aromatic N) is 1. The Labute approximate surface area is 125 Å². The van der Waals surface area contributed by atoms with Gasteiger partial charge in [0.15, 0.2) is 6.10 Å². The predicted octanol–water partition coefficient (Wildman–Crippen LogP) is 1.57. The SMILES string of the molecule is COc1cccc(N2CCOC(C(=O)NC3CCC3)C2)c1. The van der Waals surface area contributed by atoms with Gasteiger partial charge in [0.2, 0.25) is 0 Å². The fourth-order valence-electron chi connectivity index (χ4n) is 2.70. The molecule has 2 aliphatic rings. The van der Waals surface area contributed by atoms with E-state index in [9.17, 15) is 4.79 Å². The molecule has 0 spiro atoms. The molecule has 1 amide bonds. The Balaban J connectivity index is 1.62. The number of benzene rings is 1. The molecule has 3 rings (SSSR count). The molecule has 1 aliphatic carbocycles. The number of hydrogen-bond donors (Lipinski definition) is 1. The van der Waals surface area contributed by atoms with Gasteiger partial charge in [-0.3, -0.25) is 4.79 Å². The lowest BCUT2D eigenvalue weighted by molar-refractivity contribution is -0.134. The fraction of sp³-hybridized carbons (Fsp3) is 0.562. The van der Waals surface area contributed by atoms with Crippen LogP contribution in [0.15, 0.2) is 24.3 Å². The third-order valence-corrected chi connectivity index (χ3v) is 4.23. The maximum Gasteiger partial charge on any atom is 0.251 e. The van der Waals surface area contributed by atoms with Gasteiger partial charge in [-0.05, 0) is 31.4 Å². The van der Waals surface area contributed by atoms with Crippen molar-refractivity contribution in [2.24, 2.45) is 0 Å². The first-order valence-electron chi connectivity index (χ1n) is 7.57. The molecule has 1 atom stereocenters. The first kappa shape index (κ1) is 14.2. The van der Waals surface area contributed by atoms with Crippen LogP contribution in [0.5, 0.6) is 5.75 Å². The van der Waals surface area contributed by atoms with E-state index in [0.29, 0.717) is 19.2 Å². The Morgan fingerprint density at radius 1 is 1.43 bits per heavy atom. The molecule has 1 heterocycles. The molecule has 1 saturated heterocycles. The van der Waals surface area contributed by atoms with Gasteiger partial charge in [0.1, 0.15) is 5.75 Å². The van der Waals surface area contributed by atoms with Crippen LogP contribution >= 0.6 is 0 Å². The van der Waals surface area contributed by atoms with Crippen LogP contribution in [0, 0.1) is 0 Å². The number of ether oxygens (including phenoxy) is 2. The van der Waals surface area contributed by atoms with Crippen molar-refractivity contribution in [3.05, 3.63) is 24.3 Å². The van der Waals surface area contributed by atoms with Gasteiger partial charge in [-0.2, -0.15) is 0 Å². The number of morpholine rings is 1. The largest absolute Gasteiger partial charge is 0.497 e. The lowest BCUT2D eigenvalue weighted by Crippen LogP contribution is -2.53. The van der Waals surface area contributed by atoms with Crippen LogP contribution in [0.1, 0.15) is 19.3 Å². The van der Waals surface area contributed by atoms with Gasteiger partial charge in [0.05, 0.1) is 20.3 Å². The van der Waals surface area contributed by atoms with E-state index in [4.69, 9.17) is 9.47 Å². The van der Waals surface area contributed by atoms with Crippen LogP contribution in [0.25, 0.3) is 0 Å². The van der Waals surface area contributed by atoms with Crippen molar-refractivity contribution in [1.82, 2.24) is 5.32 Å². The summed E-state index contributed by atoms with van der Waals surface area (Å²) < 4.78 is 10.9. The molecule has 21 heavy (non-hydrogen) atoms. The monoisotopic (exact) mass is 290 g/mol. The van der Waals surface area contributed by atoms with Crippen LogP contribution in [0.2, 0.25) is 0 Å². The van der Waals surface area contributed by atoms with Gasteiger partial charge in [0, 0.05) is 24.3 Å². The quantitative estimate of drug-likeness (QED) is 0.914. The van der Waals surface area contributed by atoms with E-state index in [1.54, 1.807) is 7.11 Å². The van der Waals surface area contributed by atoms with Crippen LogP contribution in [0.3, 0.4) is 0 Å². The molecule has 0 aromatic heterocycles. The molecule has 0 radical (unpaired) electrons. The Kier molecular flexibility index (Phi) is 4.29. The number of rotatable bonds is 4. The third kappa shape index (κ3) is 3.29. The zero-order valence-corrected chi connectivity index (χ0v) is 12.4. The molecule has 0 bridgehead atoms. The number of carbonyl (C=O) groups excluding carboxylic acids is 1. The normalized spacial score (nSPS) is 22.5. The third-order valence-electron chi connectivity index (χ3n) is 4.23. The highest BCUT2D eigenvalue weighted by Gasteiger charge is 2.29. The molecule has 1 aromatic rings. The number of anilines is 1. The minimum atomic E-state index is -0.384. The highest BCUT2D eigenvalue weighted by Crippen LogP contribution is 2.23. The molecule has 114 valence electrons. The second kappa shape index (κ2) is 6.35. The van der Waals surface area contributed by atoms with Gasteiger partial charge >= 0.3 is 0 Å².